The minimum absolute atomic E-state index is 0.0769. The van der Waals surface area contributed by atoms with Crippen molar-refractivity contribution in [2.45, 2.75) is 31.4 Å². The molecule has 0 aliphatic heterocycles. The molecule has 5 heteroatoms. The van der Waals surface area contributed by atoms with Crippen molar-refractivity contribution >= 4 is 5.97 Å². The van der Waals surface area contributed by atoms with E-state index in [-0.39, 0.29) is 18.6 Å². The van der Waals surface area contributed by atoms with Crippen LogP contribution in [-0.4, -0.2) is 30.8 Å². The topological polar surface area (TPSA) is 81.8 Å². The van der Waals surface area contributed by atoms with E-state index < -0.39 is 5.97 Å². The van der Waals surface area contributed by atoms with Gasteiger partial charge in [-0.3, -0.25) is 4.79 Å². The minimum atomic E-state index is -0.801. The summed E-state index contributed by atoms with van der Waals surface area (Å²) in [5, 5.41) is 8.58. The van der Waals surface area contributed by atoms with Crippen LogP contribution in [0.3, 0.4) is 0 Å². The summed E-state index contributed by atoms with van der Waals surface area (Å²) in [6.45, 7) is 0.413. The van der Waals surface area contributed by atoms with E-state index in [4.69, 9.17) is 20.3 Å². The molecule has 2 unspecified atom stereocenters. The molecule has 5 nitrogen and oxygen atoms in total. The average Bonchev–Trinajstić information content (AvgIpc) is 2.69. The highest BCUT2D eigenvalue weighted by Crippen LogP contribution is 2.35. The van der Waals surface area contributed by atoms with Crippen molar-refractivity contribution in [1.29, 1.82) is 0 Å². The molecule has 0 amide bonds. The monoisotopic (exact) mass is 265 g/mol. The van der Waals surface area contributed by atoms with Crippen molar-refractivity contribution in [1.82, 2.24) is 0 Å². The normalized spacial score (nSPS) is 21.2. The molecule has 0 saturated heterocycles. The van der Waals surface area contributed by atoms with Gasteiger partial charge in [0.05, 0.1) is 13.2 Å². The number of hydrogen-bond acceptors (Lipinski definition) is 4. The predicted molar refractivity (Wildman–Crippen MR) is 70.2 cm³/mol. The van der Waals surface area contributed by atoms with Crippen molar-refractivity contribution in [2.75, 3.05) is 13.7 Å². The van der Waals surface area contributed by atoms with Crippen molar-refractivity contribution in [3.05, 3.63) is 29.3 Å². The number of carboxylic acids is 1. The molecule has 0 fully saturated rings. The second-order valence-electron chi connectivity index (χ2n) is 4.72. The predicted octanol–water partition coefficient (Wildman–Crippen LogP) is 1.50. The van der Waals surface area contributed by atoms with Crippen molar-refractivity contribution in [3.8, 4) is 5.75 Å². The Morgan fingerprint density at radius 1 is 1.53 bits per heavy atom. The summed E-state index contributed by atoms with van der Waals surface area (Å²) in [7, 11) is 1.64. The fourth-order valence-electron chi connectivity index (χ4n) is 2.40. The summed E-state index contributed by atoms with van der Waals surface area (Å²) in [6.07, 6.45) is 1.24. The SMILES string of the molecule is COc1ccc2c(c1)CC(N)C2OCCCC(=O)O. The van der Waals surface area contributed by atoms with Crippen LogP contribution in [0.2, 0.25) is 0 Å². The van der Waals surface area contributed by atoms with Gasteiger partial charge in [0, 0.05) is 19.1 Å². The first kappa shape index (κ1) is 13.8. The Bertz CT molecular complexity index is 461. The lowest BCUT2D eigenvalue weighted by Crippen LogP contribution is -2.27. The Kier molecular flexibility index (Phi) is 4.39. The number of carboxylic acid groups (broad SMARTS) is 1. The maximum atomic E-state index is 10.4. The first-order valence-corrected chi connectivity index (χ1v) is 6.37. The smallest absolute Gasteiger partial charge is 0.303 e. The lowest BCUT2D eigenvalue weighted by atomic mass is 10.1. The summed E-state index contributed by atoms with van der Waals surface area (Å²) in [5.41, 5.74) is 8.32. The molecule has 3 N–H and O–H groups in total. The largest absolute Gasteiger partial charge is 0.497 e. The molecule has 0 saturated carbocycles. The van der Waals surface area contributed by atoms with Gasteiger partial charge in [-0.15, -0.1) is 0 Å². The second-order valence-corrected chi connectivity index (χ2v) is 4.72. The number of carbonyl (C=O) groups is 1. The summed E-state index contributed by atoms with van der Waals surface area (Å²) in [5.74, 6) is 0.0157. The highest BCUT2D eigenvalue weighted by molar-refractivity contribution is 5.66. The Balaban J connectivity index is 1.97. The van der Waals surface area contributed by atoms with E-state index >= 15 is 0 Å². The molecular formula is C14H19NO4. The molecule has 19 heavy (non-hydrogen) atoms. The van der Waals surface area contributed by atoms with E-state index in [2.05, 4.69) is 0 Å². The molecule has 2 atom stereocenters. The minimum Gasteiger partial charge on any atom is -0.497 e. The van der Waals surface area contributed by atoms with Crippen LogP contribution in [0.4, 0.5) is 0 Å². The van der Waals surface area contributed by atoms with Gasteiger partial charge in [-0.25, -0.2) is 0 Å². The van der Waals surface area contributed by atoms with Gasteiger partial charge in [0.2, 0.25) is 0 Å². The molecule has 0 radical (unpaired) electrons. The Morgan fingerprint density at radius 2 is 2.32 bits per heavy atom. The molecule has 0 spiro atoms. The number of aliphatic carboxylic acids is 1. The van der Waals surface area contributed by atoms with Crippen LogP contribution in [0.1, 0.15) is 30.1 Å². The van der Waals surface area contributed by atoms with E-state index in [0.717, 1.165) is 23.3 Å². The van der Waals surface area contributed by atoms with Crippen LogP contribution < -0.4 is 10.5 Å². The molecule has 0 bridgehead atoms. The van der Waals surface area contributed by atoms with Crippen LogP contribution >= 0.6 is 0 Å². The molecule has 1 aliphatic carbocycles. The van der Waals surface area contributed by atoms with Crippen LogP contribution in [0.15, 0.2) is 18.2 Å². The number of hydrogen-bond donors (Lipinski definition) is 2. The van der Waals surface area contributed by atoms with Gasteiger partial charge in [-0.2, -0.15) is 0 Å². The van der Waals surface area contributed by atoms with Gasteiger partial charge in [-0.05, 0) is 36.1 Å². The Morgan fingerprint density at radius 3 is 3.00 bits per heavy atom. The summed E-state index contributed by atoms with van der Waals surface area (Å²) < 4.78 is 10.9. The van der Waals surface area contributed by atoms with Crippen molar-refractivity contribution < 1.29 is 19.4 Å². The van der Waals surface area contributed by atoms with E-state index in [1.165, 1.54) is 0 Å². The summed E-state index contributed by atoms with van der Waals surface area (Å²) in [4.78, 5) is 10.4. The first-order chi connectivity index (χ1) is 9.11. The maximum Gasteiger partial charge on any atom is 0.303 e. The first-order valence-electron chi connectivity index (χ1n) is 6.37. The molecule has 0 heterocycles. The molecule has 104 valence electrons. The van der Waals surface area contributed by atoms with Crippen LogP contribution in [0, 0.1) is 0 Å². The zero-order valence-corrected chi connectivity index (χ0v) is 11.0. The third kappa shape index (κ3) is 3.24. The number of ether oxygens (including phenoxy) is 2. The quantitative estimate of drug-likeness (QED) is 0.762. The highest BCUT2D eigenvalue weighted by atomic mass is 16.5. The second kappa shape index (κ2) is 6.04. The van der Waals surface area contributed by atoms with Crippen molar-refractivity contribution in [3.63, 3.8) is 0 Å². The molecule has 1 aliphatic rings. The fourth-order valence-corrected chi connectivity index (χ4v) is 2.40. The number of rotatable bonds is 6. The fraction of sp³-hybridized carbons (Fsp3) is 0.500. The van der Waals surface area contributed by atoms with Crippen molar-refractivity contribution in [2.24, 2.45) is 5.73 Å². The summed E-state index contributed by atoms with van der Waals surface area (Å²) in [6, 6.07) is 5.77. The zero-order chi connectivity index (χ0) is 13.8. The number of fused-ring (bicyclic) bond motifs is 1. The Labute approximate surface area is 112 Å². The average molecular weight is 265 g/mol. The van der Waals surface area contributed by atoms with E-state index in [1.807, 2.05) is 18.2 Å². The summed E-state index contributed by atoms with van der Waals surface area (Å²) >= 11 is 0. The van der Waals surface area contributed by atoms with Gasteiger partial charge in [0.1, 0.15) is 5.75 Å². The van der Waals surface area contributed by atoms with Crippen LogP contribution in [-0.2, 0) is 16.0 Å². The third-order valence-corrected chi connectivity index (χ3v) is 3.33. The standard InChI is InChI=1S/C14H19NO4/c1-18-10-4-5-11-9(7-10)8-12(15)14(11)19-6-2-3-13(16)17/h4-5,7,12,14H,2-3,6,8,15H2,1H3,(H,16,17). The van der Waals surface area contributed by atoms with Gasteiger partial charge in [0.25, 0.3) is 0 Å². The van der Waals surface area contributed by atoms with Gasteiger partial charge in [-0.1, -0.05) is 6.07 Å². The molecule has 1 aromatic carbocycles. The van der Waals surface area contributed by atoms with E-state index in [1.54, 1.807) is 7.11 Å². The maximum absolute atomic E-state index is 10.4. The molecular weight excluding hydrogens is 246 g/mol. The number of nitrogens with two attached hydrogens (primary N) is 1. The third-order valence-electron chi connectivity index (χ3n) is 3.33. The van der Waals surface area contributed by atoms with Gasteiger partial charge >= 0.3 is 5.97 Å². The molecule has 1 aromatic rings. The number of methoxy groups -OCH3 is 1. The van der Waals surface area contributed by atoms with Crippen LogP contribution in [0.5, 0.6) is 5.75 Å². The zero-order valence-electron chi connectivity index (χ0n) is 11.0. The highest BCUT2D eigenvalue weighted by Gasteiger charge is 2.30. The van der Waals surface area contributed by atoms with E-state index in [9.17, 15) is 4.79 Å². The number of benzene rings is 1. The Hall–Kier alpha value is -1.59. The molecule has 0 aromatic heterocycles. The lowest BCUT2D eigenvalue weighted by Gasteiger charge is -2.17. The lowest BCUT2D eigenvalue weighted by molar-refractivity contribution is -0.137. The van der Waals surface area contributed by atoms with E-state index in [0.29, 0.717) is 13.0 Å². The molecule has 2 rings (SSSR count). The van der Waals surface area contributed by atoms with Gasteiger partial charge in [0.15, 0.2) is 0 Å². The van der Waals surface area contributed by atoms with Gasteiger partial charge < -0.3 is 20.3 Å². The van der Waals surface area contributed by atoms with Crippen LogP contribution in [0.25, 0.3) is 0 Å².